The molecule has 0 fully saturated rings. The Balaban J connectivity index is 0. The van der Waals surface area contributed by atoms with Gasteiger partial charge in [0.1, 0.15) is 0 Å². The Bertz CT molecular complexity index is 108. The molecule has 0 aromatic carbocycles. The molecular weight excluding hydrogens is 246 g/mol. The zero-order valence-electron chi connectivity index (χ0n) is 6.20. The summed E-state index contributed by atoms with van der Waals surface area (Å²) in [6.07, 6.45) is 10.6. The molecule has 0 amide bonds. The van der Waals surface area contributed by atoms with E-state index in [1.54, 1.807) is 28.0 Å². The van der Waals surface area contributed by atoms with Crippen molar-refractivity contribution in [1.82, 2.24) is 0 Å². The second-order valence-corrected chi connectivity index (χ2v) is 2.90. The van der Waals surface area contributed by atoms with Crippen LogP contribution in [-0.4, -0.2) is 12.8 Å². The van der Waals surface area contributed by atoms with Gasteiger partial charge < -0.3 is 0 Å². The van der Waals surface area contributed by atoms with Gasteiger partial charge in [-0.3, -0.25) is 0 Å². The van der Waals surface area contributed by atoms with Crippen molar-refractivity contribution in [3.05, 3.63) is 21.5 Å². The minimum absolute atomic E-state index is 1.21. The summed E-state index contributed by atoms with van der Waals surface area (Å²) >= 11 is 10.8. The van der Waals surface area contributed by atoms with Gasteiger partial charge in [0, 0.05) is 12.8 Å². The van der Waals surface area contributed by atoms with Crippen molar-refractivity contribution in [2.45, 2.75) is 6.42 Å². The van der Waals surface area contributed by atoms with Crippen molar-refractivity contribution in [1.29, 1.82) is 0 Å². The molecule has 0 aromatic heterocycles. The number of rotatable bonds is 0. The van der Waals surface area contributed by atoms with Crippen LogP contribution in [0.15, 0.2) is 21.5 Å². The van der Waals surface area contributed by atoms with Crippen LogP contribution in [0.1, 0.15) is 6.42 Å². The molecule has 1 aliphatic rings. The van der Waals surface area contributed by atoms with Crippen LogP contribution in [0, 0.1) is 0 Å². The van der Waals surface area contributed by atoms with Gasteiger partial charge in [0.2, 0.25) is 0 Å². The van der Waals surface area contributed by atoms with E-state index in [-0.39, 0.29) is 0 Å². The molecule has 0 N–H and O–H groups in total. The summed E-state index contributed by atoms with van der Waals surface area (Å²) in [7, 11) is 0. The van der Waals surface area contributed by atoms with Gasteiger partial charge in [0.05, 0.1) is 0 Å². The molecule has 0 aliphatic heterocycles. The Kier molecular flexibility index (Phi) is 17.1. The minimum atomic E-state index is 1.21. The van der Waals surface area contributed by atoms with E-state index in [9.17, 15) is 0 Å². The van der Waals surface area contributed by atoms with Crippen molar-refractivity contribution >= 4 is 23.2 Å². The normalized spacial score (nSPS) is 12.1. The van der Waals surface area contributed by atoms with Gasteiger partial charge in [-0.05, 0) is 0 Å². The van der Waals surface area contributed by atoms with Crippen molar-refractivity contribution in [2.24, 2.45) is 0 Å². The van der Waals surface area contributed by atoms with Crippen molar-refractivity contribution < 1.29 is 24.7 Å². The Hall–Kier alpha value is 0.943. The number of alkyl halides is 2. The van der Waals surface area contributed by atoms with E-state index in [0.29, 0.717) is 0 Å². The number of hydrogen-bond acceptors (Lipinski definition) is 0. The van der Waals surface area contributed by atoms with Crippen LogP contribution in [-0.2, 0) is 24.7 Å². The first kappa shape index (κ1) is 13.5. The average Bonchev–Trinajstić information content (AvgIpc) is 2.48. The van der Waals surface area contributed by atoms with Gasteiger partial charge in [-0.15, -0.1) is 23.2 Å². The molecule has 0 bridgehead atoms. The van der Waals surface area contributed by atoms with Crippen LogP contribution in [0.5, 0.6) is 0 Å². The second-order valence-electron chi connectivity index (χ2n) is 1.32. The molecule has 57 valence electrons. The topological polar surface area (TPSA) is 0 Å². The standard InChI is InChI=1S/C5H5.2CH3Cl.Zr/c1-2-4-5-3-1;2*1-2;/h1-3H,4H2;2*1H3;. The zero-order valence-corrected chi connectivity index (χ0v) is 10.2. The van der Waals surface area contributed by atoms with Crippen LogP contribution in [0.25, 0.3) is 0 Å². The maximum atomic E-state index is 4.64. The van der Waals surface area contributed by atoms with Gasteiger partial charge in [-0.2, -0.15) is 0 Å². The molecule has 0 radical (unpaired) electrons. The van der Waals surface area contributed by atoms with E-state index in [2.05, 4.69) is 41.4 Å². The number of allylic oxidation sites excluding steroid dienone is 4. The summed E-state index contributed by atoms with van der Waals surface area (Å²) < 4.78 is 1.56. The van der Waals surface area contributed by atoms with E-state index in [0.717, 1.165) is 0 Å². The third-order valence-electron chi connectivity index (χ3n) is 0.771. The molecule has 0 atom stereocenters. The molecule has 0 aromatic rings. The fraction of sp³-hybridized carbons (Fsp3) is 0.429. The number of halogens is 2. The third-order valence-corrected chi connectivity index (χ3v) is 1.68. The second kappa shape index (κ2) is 12.6. The SMILES string of the molecule is CCl.CCl.[Zr][C]1=CC=CC1. The summed E-state index contributed by atoms with van der Waals surface area (Å²) in [6, 6.07) is 0. The van der Waals surface area contributed by atoms with Crippen molar-refractivity contribution in [3.8, 4) is 0 Å². The predicted octanol–water partition coefficient (Wildman–Crippen LogP) is 3.09. The Labute approximate surface area is 88.1 Å². The maximum absolute atomic E-state index is 4.64. The zero-order chi connectivity index (χ0) is 8.41. The first-order valence-corrected chi connectivity index (χ1v) is 5.46. The van der Waals surface area contributed by atoms with E-state index >= 15 is 0 Å². The van der Waals surface area contributed by atoms with Crippen molar-refractivity contribution in [2.75, 3.05) is 12.8 Å². The van der Waals surface area contributed by atoms with Crippen LogP contribution >= 0.6 is 23.2 Å². The Morgan fingerprint density at radius 2 is 1.80 bits per heavy atom. The summed E-state index contributed by atoms with van der Waals surface area (Å²) in [6.45, 7) is 0. The molecular formula is C7H11Cl2Zr. The summed E-state index contributed by atoms with van der Waals surface area (Å²) in [5, 5.41) is 0. The molecule has 0 nitrogen and oxygen atoms in total. The summed E-state index contributed by atoms with van der Waals surface area (Å²) in [5.41, 5.74) is 0. The first-order valence-electron chi connectivity index (χ1n) is 2.72. The van der Waals surface area contributed by atoms with Crippen LogP contribution in [0.2, 0.25) is 0 Å². The molecule has 0 spiro atoms. The van der Waals surface area contributed by atoms with Crippen LogP contribution in [0.4, 0.5) is 0 Å². The fourth-order valence-electron chi connectivity index (χ4n) is 0.447. The third kappa shape index (κ3) is 8.94. The molecule has 0 heterocycles. The van der Waals surface area contributed by atoms with Crippen LogP contribution in [0.3, 0.4) is 0 Å². The molecule has 3 heteroatoms. The van der Waals surface area contributed by atoms with Gasteiger partial charge in [-0.1, -0.05) is 0 Å². The Morgan fingerprint density at radius 3 is 1.90 bits per heavy atom. The molecule has 0 saturated carbocycles. The van der Waals surface area contributed by atoms with Gasteiger partial charge in [0.15, 0.2) is 0 Å². The summed E-state index contributed by atoms with van der Waals surface area (Å²) in [5.74, 6) is 0. The molecule has 0 saturated heterocycles. The van der Waals surface area contributed by atoms with Gasteiger partial charge in [-0.25, -0.2) is 0 Å². The molecule has 1 rings (SSSR count). The van der Waals surface area contributed by atoms with E-state index in [1.165, 1.54) is 19.2 Å². The molecule has 0 unspecified atom stereocenters. The van der Waals surface area contributed by atoms with E-state index < -0.39 is 0 Å². The van der Waals surface area contributed by atoms with Crippen LogP contribution < -0.4 is 0 Å². The number of hydrogen-bond donors (Lipinski definition) is 0. The molecule has 10 heavy (non-hydrogen) atoms. The quantitative estimate of drug-likeness (QED) is 0.585. The monoisotopic (exact) mass is 255 g/mol. The van der Waals surface area contributed by atoms with Crippen molar-refractivity contribution in [3.63, 3.8) is 0 Å². The van der Waals surface area contributed by atoms with E-state index in [4.69, 9.17) is 0 Å². The predicted molar refractivity (Wildman–Crippen MR) is 45.4 cm³/mol. The average molecular weight is 257 g/mol. The Morgan fingerprint density at radius 1 is 1.30 bits per heavy atom. The van der Waals surface area contributed by atoms with E-state index in [1.807, 2.05) is 0 Å². The first-order chi connectivity index (χ1) is 4.89. The molecule has 1 aliphatic carbocycles. The van der Waals surface area contributed by atoms with Gasteiger partial charge in [0.25, 0.3) is 0 Å². The van der Waals surface area contributed by atoms with Gasteiger partial charge >= 0.3 is 52.6 Å². The summed E-state index contributed by atoms with van der Waals surface area (Å²) in [4.78, 5) is 0. The fourth-order valence-corrected chi connectivity index (χ4v) is 0.973.